The normalized spacial score (nSPS) is 11.0. The number of amides is 1. The number of rotatable bonds is 5. The van der Waals surface area contributed by atoms with Crippen molar-refractivity contribution >= 4 is 11.6 Å². The van der Waals surface area contributed by atoms with Crippen molar-refractivity contribution in [3.05, 3.63) is 30.3 Å². The summed E-state index contributed by atoms with van der Waals surface area (Å²) in [6, 6.07) is 9.38. The molecule has 0 aliphatic rings. The van der Waals surface area contributed by atoms with Crippen molar-refractivity contribution in [3.8, 4) is 0 Å². The molecule has 0 aliphatic heterocycles. The maximum Gasteiger partial charge on any atom is 0.266 e. The van der Waals surface area contributed by atoms with Gasteiger partial charge in [0.1, 0.15) is 6.61 Å². The van der Waals surface area contributed by atoms with E-state index in [1.165, 1.54) is 0 Å². The van der Waals surface area contributed by atoms with Gasteiger partial charge in [0.2, 0.25) is 0 Å². The molecule has 94 valence electrons. The second-order valence-corrected chi connectivity index (χ2v) is 4.68. The first-order valence-electron chi connectivity index (χ1n) is 5.46. The Morgan fingerprint density at radius 2 is 1.88 bits per heavy atom. The van der Waals surface area contributed by atoms with Crippen molar-refractivity contribution in [1.82, 2.24) is 10.9 Å². The SMILES string of the molecule is CC(C)(C)NOCC(=O)NNc1ccccc1. The van der Waals surface area contributed by atoms with Crippen molar-refractivity contribution in [2.45, 2.75) is 26.3 Å². The first-order valence-corrected chi connectivity index (χ1v) is 5.46. The summed E-state index contributed by atoms with van der Waals surface area (Å²) in [5.41, 5.74) is 8.73. The van der Waals surface area contributed by atoms with Crippen LogP contribution >= 0.6 is 0 Å². The Morgan fingerprint density at radius 1 is 1.24 bits per heavy atom. The zero-order chi connectivity index (χ0) is 12.7. The van der Waals surface area contributed by atoms with Gasteiger partial charge in [-0.1, -0.05) is 18.2 Å². The highest BCUT2D eigenvalue weighted by molar-refractivity contribution is 5.78. The van der Waals surface area contributed by atoms with Crippen molar-refractivity contribution in [3.63, 3.8) is 0 Å². The third-order valence-electron chi connectivity index (χ3n) is 1.70. The van der Waals surface area contributed by atoms with Gasteiger partial charge in [0.05, 0.1) is 5.69 Å². The average molecular weight is 237 g/mol. The van der Waals surface area contributed by atoms with Crippen LogP contribution in [0.1, 0.15) is 20.8 Å². The molecule has 1 rings (SSSR count). The van der Waals surface area contributed by atoms with E-state index in [0.29, 0.717) is 0 Å². The third-order valence-corrected chi connectivity index (χ3v) is 1.70. The van der Waals surface area contributed by atoms with E-state index in [0.717, 1.165) is 5.69 Å². The number of hydrogen-bond acceptors (Lipinski definition) is 4. The maximum absolute atomic E-state index is 11.4. The molecular formula is C12H19N3O2. The van der Waals surface area contributed by atoms with Crippen LogP contribution in [0.15, 0.2) is 30.3 Å². The molecule has 5 nitrogen and oxygen atoms in total. The summed E-state index contributed by atoms with van der Waals surface area (Å²) in [5, 5.41) is 0. The summed E-state index contributed by atoms with van der Waals surface area (Å²) in [6.45, 7) is 5.81. The lowest BCUT2D eigenvalue weighted by molar-refractivity contribution is -0.129. The van der Waals surface area contributed by atoms with Gasteiger partial charge in [-0.25, -0.2) is 0 Å². The highest BCUT2D eigenvalue weighted by Gasteiger charge is 2.10. The fourth-order valence-electron chi connectivity index (χ4n) is 1.02. The smallest absolute Gasteiger partial charge is 0.266 e. The maximum atomic E-state index is 11.4. The molecule has 0 saturated carbocycles. The Morgan fingerprint density at radius 3 is 2.47 bits per heavy atom. The second kappa shape index (κ2) is 6.22. The monoisotopic (exact) mass is 237 g/mol. The number of benzene rings is 1. The zero-order valence-corrected chi connectivity index (χ0v) is 10.4. The fourth-order valence-corrected chi connectivity index (χ4v) is 1.02. The minimum absolute atomic E-state index is 0.0445. The summed E-state index contributed by atoms with van der Waals surface area (Å²) >= 11 is 0. The largest absolute Gasteiger partial charge is 0.299 e. The topological polar surface area (TPSA) is 62.4 Å². The van der Waals surface area contributed by atoms with Crippen molar-refractivity contribution in [2.24, 2.45) is 0 Å². The van der Waals surface area contributed by atoms with Crippen molar-refractivity contribution in [1.29, 1.82) is 0 Å². The molecule has 0 unspecified atom stereocenters. The lowest BCUT2D eigenvalue weighted by Gasteiger charge is -2.19. The number of nitrogens with one attached hydrogen (secondary N) is 3. The summed E-state index contributed by atoms with van der Waals surface area (Å²) in [7, 11) is 0. The standard InChI is InChI=1S/C12H19N3O2/c1-12(2,3)15-17-9-11(16)14-13-10-7-5-4-6-8-10/h4-8,13,15H,9H2,1-3H3,(H,14,16). The Bertz CT molecular complexity index is 347. The average Bonchev–Trinajstić information content (AvgIpc) is 2.26. The molecule has 0 aromatic heterocycles. The van der Waals surface area contributed by atoms with E-state index in [-0.39, 0.29) is 18.1 Å². The Labute approximate surface area is 101 Å². The number of hydrogen-bond donors (Lipinski definition) is 3. The van der Waals surface area contributed by atoms with Gasteiger partial charge >= 0.3 is 0 Å². The van der Waals surface area contributed by atoms with Gasteiger partial charge in [-0.2, -0.15) is 5.48 Å². The Kier molecular flexibility index (Phi) is 4.93. The summed E-state index contributed by atoms with van der Waals surface area (Å²) in [6.07, 6.45) is 0. The zero-order valence-electron chi connectivity index (χ0n) is 10.4. The van der Waals surface area contributed by atoms with Gasteiger partial charge < -0.3 is 0 Å². The van der Waals surface area contributed by atoms with Crippen molar-refractivity contribution < 1.29 is 9.63 Å². The summed E-state index contributed by atoms with van der Waals surface area (Å²) in [5.74, 6) is -0.245. The molecule has 0 atom stereocenters. The van der Waals surface area contributed by atoms with Crippen LogP contribution < -0.4 is 16.3 Å². The number of carbonyl (C=O) groups excluding carboxylic acids is 1. The van der Waals surface area contributed by atoms with Gasteiger partial charge in [0.15, 0.2) is 0 Å². The predicted molar refractivity (Wildman–Crippen MR) is 67.0 cm³/mol. The Hall–Kier alpha value is -1.59. The van der Waals surface area contributed by atoms with Crippen molar-refractivity contribution in [2.75, 3.05) is 12.0 Å². The van der Waals surface area contributed by atoms with E-state index in [9.17, 15) is 4.79 Å². The first-order chi connectivity index (χ1) is 7.97. The third kappa shape index (κ3) is 6.55. The van der Waals surface area contributed by atoms with Crippen LogP contribution in [0.2, 0.25) is 0 Å². The van der Waals surface area contributed by atoms with Gasteiger partial charge in [-0.05, 0) is 32.9 Å². The lowest BCUT2D eigenvalue weighted by Crippen LogP contribution is -2.40. The molecule has 1 aromatic rings. The molecule has 1 aromatic carbocycles. The summed E-state index contributed by atoms with van der Waals surface area (Å²) < 4.78 is 0. The van der Waals surface area contributed by atoms with Crippen LogP contribution in [0.4, 0.5) is 5.69 Å². The second-order valence-electron chi connectivity index (χ2n) is 4.68. The van der Waals surface area contributed by atoms with E-state index in [4.69, 9.17) is 4.84 Å². The van der Waals surface area contributed by atoms with E-state index in [1.807, 2.05) is 51.1 Å². The minimum Gasteiger partial charge on any atom is -0.299 e. The lowest BCUT2D eigenvalue weighted by atomic mass is 10.1. The minimum atomic E-state index is -0.245. The summed E-state index contributed by atoms with van der Waals surface area (Å²) in [4.78, 5) is 16.4. The number of hydroxylamine groups is 1. The predicted octanol–water partition coefficient (Wildman–Crippen LogP) is 1.45. The van der Waals surface area contributed by atoms with Gasteiger partial charge in [0, 0.05) is 5.54 Å². The quantitative estimate of drug-likeness (QED) is 0.678. The molecular weight excluding hydrogens is 218 g/mol. The van der Waals surface area contributed by atoms with Crippen LogP contribution in [0.25, 0.3) is 0 Å². The van der Waals surface area contributed by atoms with Gasteiger partial charge in [0.25, 0.3) is 5.91 Å². The molecule has 0 saturated heterocycles. The molecule has 17 heavy (non-hydrogen) atoms. The van der Waals surface area contributed by atoms with Crippen LogP contribution in [-0.2, 0) is 9.63 Å². The van der Waals surface area contributed by atoms with Crippen LogP contribution in [-0.4, -0.2) is 18.1 Å². The molecule has 0 heterocycles. The number of hydrazine groups is 1. The molecule has 3 N–H and O–H groups in total. The Balaban J connectivity index is 2.18. The van der Waals surface area contributed by atoms with Crippen LogP contribution in [0, 0.1) is 0 Å². The molecule has 0 spiro atoms. The molecule has 0 fully saturated rings. The van der Waals surface area contributed by atoms with E-state index < -0.39 is 0 Å². The first kappa shape index (κ1) is 13.5. The van der Waals surface area contributed by atoms with Crippen LogP contribution in [0.3, 0.4) is 0 Å². The molecule has 5 heteroatoms. The number of para-hydroxylation sites is 1. The molecule has 0 bridgehead atoms. The fraction of sp³-hybridized carbons (Fsp3) is 0.417. The highest BCUT2D eigenvalue weighted by atomic mass is 16.6. The molecule has 1 amide bonds. The van der Waals surface area contributed by atoms with E-state index in [2.05, 4.69) is 16.3 Å². The van der Waals surface area contributed by atoms with E-state index in [1.54, 1.807) is 0 Å². The van der Waals surface area contributed by atoms with E-state index >= 15 is 0 Å². The molecule has 0 aliphatic carbocycles. The van der Waals surface area contributed by atoms with Gasteiger partial charge in [-0.15, -0.1) is 0 Å². The van der Waals surface area contributed by atoms with Crippen LogP contribution in [0.5, 0.6) is 0 Å². The molecule has 0 radical (unpaired) electrons. The highest BCUT2D eigenvalue weighted by Crippen LogP contribution is 2.02. The van der Waals surface area contributed by atoms with Gasteiger partial charge in [-0.3, -0.25) is 20.5 Å². The number of anilines is 1. The number of carbonyl (C=O) groups is 1.